The highest BCUT2D eigenvalue weighted by atomic mass is 79.9. The minimum atomic E-state index is -0.446. The Morgan fingerprint density at radius 2 is 2.20 bits per heavy atom. The van der Waals surface area contributed by atoms with Crippen LogP contribution in [-0.4, -0.2) is 55.5 Å². The van der Waals surface area contributed by atoms with Crippen LogP contribution in [-0.2, 0) is 14.3 Å². The largest absolute Gasteiger partial charge is 0.453 e. The van der Waals surface area contributed by atoms with Gasteiger partial charge in [-0.1, -0.05) is 15.9 Å². The second-order valence-corrected chi connectivity index (χ2v) is 3.95. The van der Waals surface area contributed by atoms with E-state index in [1.165, 1.54) is 12.0 Å². The molecule has 0 spiro atoms. The summed E-state index contributed by atoms with van der Waals surface area (Å²) in [6.07, 6.45) is -0.446. The van der Waals surface area contributed by atoms with E-state index >= 15 is 0 Å². The highest BCUT2D eigenvalue weighted by molar-refractivity contribution is 9.09. The van der Waals surface area contributed by atoms with Gasteiger partial charge in [0, 0.05) is 7.05 Å². The number of halogens is 1. The van der Waals surface area contributed by atoms with Gasteiger partial charge >= 0.3 is 6.09 Å². The molecule has 0 N–H and O–H groups in total. The quantitative estimate of drug-likeness (QED) is 0.713. The fraction of sp³-hybridized carbons (Fsp3) is 0.778. The van der Waals surface area contributed by atoms with Gasteiger partial charge in [0.1, 0.15) is 0 Å². The standard InChI is InChI=1S/C9H14BrNO4/c1-11(9(13)14-2)7-5-15-4-6(7)8(12)3-10/h6-7H,3-5H2,1-2H3. The minimum Gasteiger partial charge on any atom is -0.453 e. The number of nitrogens with zero attached hydrogens (tertiary/aromatic N) is 1. The lowest BCUT2D eigenvalue weighted by molar-refractivity contribution is -0.121. The second kappa shape index (κ2) is 5.46. The molecule has 0 bridgehead atoms. The summed E-state index contributed by atoms with van der Waals surface area (Å²) in [4.78, 5) is 24.2. The van der Waals surface area contributed by atoms with Crippen LogP contribution in [0, 0.1) is 5.92 Å². The maximum atomic E-state index is 11.5. The van der Waals surface area contributed by atoms with E-state index in [-0.39, 0.29) is 23.1 Å². The number of ketones is 1. The molecule has 0 aliphatic carbocycles. The molecule has 15 heavy (non-hydrogen) atoms. The van der Waals surface area contributed by atoms with Crippen LogP contribution in [0.15, 0.2) is 0 Å². The zero-order valence-corrected chi connectivity index (χ0v) is 10.3. The van der Waals surface area contributed by atoms with Gasteiger partial charge in [0.05, 0.1) is 37.6 Å². The minimum absolute atomic E-state index is 0.0493. The first-order valence-electron chi connectivity index (χ1n) is 4.59. The van der Waals surface area contributed by atoms with Gasteiger partial charge in [-0.25, -0.2) is 4.79 Å². The van der Waals surface area contributed by atoms with Crippen molar-refractivity contribution in [3.8, 4) is 0 Å². The number of methoxy groups -OCH3 is 1. The van der Waals surface area contributed by atoms with Crippen LogP contribution in [0.1, 0.15) is 0 Å². The number of amides is 1. The Labute approximate surface area is 96.8 Å². The highest BCUT2D eigenvalue weighted by Crippen LogP contribution is 2.20. The molecule has 5 nitrogen and oxygen atoms in total. The smallest absolute Gasteiger partial charge is 0.409 e. The SMILES string of the molecule is COC(=O)N(C)C1COCC1C(=O)CBr. The van der Waals surface area contributed by atoms with Gasteiger partial charge in [0.2, 0.25) is 0 Å². The van der Waals surface area contributed by atoms with Crippen molar-refractivity contribution in [2.24, 2.45) is 5.92 Å². The Bertz CT molecular complexity index is 258. The summed E-state index contributed by atoms with van der Waals surface area (Å²) >= 11 is 3.12. The summed E-state index contributed by atoms with van der Waals surface area (Å²) in [7, 11) is 2.93. The van der Waals surface area contributed by atoms with Crippen molar-refractivity contribution in [3.63, 3.8) is 0 Å². The number of carbonyl (C=O) groups excluding carboxylic acids is 2. The Morgan fingerprint density at radius 1 is 1.53 bits per heavy atom. The molecular formula is C9H14BrNO4. The van der Waals surface area contributed by atoms with Crippen LogP contribution < -0.4 is 0 Å². The molecule has 1 aliphatic rings. The Balaban J connectivity index is 2.67. The molecule has 0 saturated carbocycles. The third-order valence-electron chi connectivity index (χ3n) is 2.56. The van der Waals surface area contributed by atoms with Crippen LogP contribution in [0.25, 0.3) is 0 Å². The lowest BCUT2D eigenvalue weighted by atomic mass is 9.99. The molecule has 1 saturated heterocycles. The maximum absolute atomic E-state index is 11.5. The maximum Gasteiger partial charge on any atom is 0.409 e. The number of likely N-dealkylation sites (N-methyl/N-ethyl adjacent to an activating group) is 1. The average molecular weight is 280 g/mol. The molecule has 86 valence electrons. The fourth-order valence-electron chi connectivity index (χ4n) is 1.61. The van der Waals surface area contributed by atoms with E-state index in [1.54, 1.807) is 7.05 Å². The van der Waals surface area contributed by atoms with Crippen molar-refractivity contribution in [2.45, 2.75) is 6.04 Å². The third kappa shape index (κ3) is 2.69. The molecule has 1 rings (SSSR count). The van der Waals surface area contributed by atoms with Crippen molar-refractivity contribution >= 4 is 27.8 Å². The lowest BCUT2D eigenvalue weighted by Gasteiger charge is -2.25. The van der Waals surface area contributed by atoms with Crippen LogP contribution in [0.4, 0.5) is 4.79 Å². The second-order valence-electron chi connectivity index (χ2n) is 3.39. The van der Waals surface area contributed by atoms with Gasteiger partial charge in [-0.05, 0) is 0 Å². The van der Waals surface area contributed by atoms with E-state index in [2.05, 4.69) is 20.7 Å². The molecule has 1 heterocycles. The number of alkyl halides is 1. The number of Topliss-reactive ketones (excluding diaryl/α,β-unsaturated/α-hetero) is 1. The topological polar surface area (TPSA) is 55.8 Å². The number of carbonyl (C=O) groups is 2. The first kappa shape index (κ1) is 12.4. The predicted molar refractivity (Wildman–Crippen MR) is 57.1 cm³/mol. The van der Waals surface area contributed by atoms with Crippen LogP contribution in [0.3, 0.4) is 0 Å². The molecule has 0 aromatic rings. The normalized spacial score (nSPS) is 25.0. The van der Waals surface area contributed by atoms with Crippen LogP contribution in [0.5, 0.6) is 0 Å². The molecule has 1 amide bonds. The van der Waals surface area contributed by atoms with Crippen LogP contribution >= 0.6 is 15.9 Å². The molecule has 2 unspecified atom stereocenters. The summed E-state index contributed by atoms with van der Waals surface area (Å²) in [6, 6.07) is -0.220. The number of ether oxygens (including phenoxy) is 2. The van der Waals surface area contributed by atoms with Crippen LogP contribution in [0.2, 0.25) is 0 Å². The van der Waals surface area contributed by atoms with Gasteiger partial charge in [0.25, 0.3) is 0 Å². The van der Waals surface area contributed by atoms with E-state index in [0.717, 1.165) is 0 Å². The average Bonchev–Trinajstić information content (AvgIpc) is 2.74. The molecule has 2 atom stereocenters. The van der Waals surface area contributed by atoms with Gasteiger partial charge < -0.3 is 14.4 Å². The monoisotopic (exact) mass is 279 g/mol. The summed E-state index contributed by atoms with van der Waals surface area (Å²) < 4.78 is 9.81. The third-order valence-corrected chi connectivity index (χ3v) is 3.11. The summed E-state index contributed by atoms with van der Waals surface area (Å²) in [5, 5.41) is 0.284. The van der Waals surface area contributed by atoms with E-state index in [9.17, 15) is 9.59 Å². The van der Waals surface area contributed by atoms with Crippen molar-refractivity contribution < 1.29 is 19.1 Å². The van der Waals surface area contributed by atoms with Crippen molar-refractivity contribution in [3.05, 3.63) is 0 Å². The van der Waals surface area contributed by atoms with E-state index in [4.69, 9.17) is 4.74 Å². The lowest BCUT2D eigenvalue weighted by Crippen LogP contribution is -2.44. The van der Waals surface area contributed by atoms with Crippen molar-refractivity contribution in [1.82, 2.24) is 4.90 Å². The van der Waals surface area contributed by atoms with Crippen molar-refractivity contribution in [2.75, 3.05) is 32.7 Å². The Kier molecular flexibility index (Phi) is 4.53. The molecule has 1 fully saturated rings. The van der Waals surface area contributed by atoms with E-state index in [0.29, 0.717) is 13.2 Å². The van der Waals surface area contributed by atoms with Gasteiger partial charge in [0.15, 0.2) is 5.78 Å². The van der Waals surface area contributed by atoms with Crippen molar-refractivity contribution in [1.29, 1.82) is 0 Å². The summed E-state index contributed by atoms with van der Waals surface area (Å²) in [5.74, 6) is -0.207. The van der Waals surface area contributed by atoms with Gasteiger partial charge in [-0.2, -0.15) is 0 Å². The fourth-order valence-corrected chi connectivity index (χ4v) is 2.03. The van der Waals surface area contributed by atoms with Gasteiger partial charge in [-0.3, -0.25) is 4.79 Å². The zero-order valence-electron chi connectivity index (χ0n) is 8.73. The molecule has 0 aromatic carbocycles. The van der Waals surface area contributed by atoms with E-state index in [1.807, 2.05) is 0 Å². The highest BCUT2D eigenvalue weighted by Gasteiger charge is 2.37. The molecule has 0 radical (unpaired) electrons. The Morgan fingerprint density at radius 3 is 2.73 bits per heavy atom. The number of hydrogen-bond donors (Lipinski definition) is 0. The summed E-state index contributed by atoms with van der Waals surface area (Å²) in [6.45, 7) is 0.755. The number of rotatable bonds is 3. The first-order chi connectivity index (χ1) is 7.11. The molecular weight excluding hydrogens is 266 g/mol. The first-order valence-corrected chi connectivity index (χ1v) is 5.71. The zero-order chi connectivity index (χ0) is 11.4. The molecule has 6 heteroatoms. The predicted octanol–water partition coefficient (Wildman–Crippen LogP) is 0.664. The molecule has 0 aromatic heterocycles. The Hall–Kier alpha value is -0.620. The van der Waals surface area contributed by atoms with Gasteiger partial charge in [-0.15, -0.1) is 0 Å². The molecule has 1 aliphatic heterocycles. The number of hydrogen-bond acceptors (Lipinski definition) is 4. The summed E-state index contributed by atoms with van der Waals surface area (Å²) in [5.41, 5.74) is 0. The van der Waals surface area contributed by atoms with E-state index < -0.39 is 6.09 Å².